The molecule has 0 spiro atoms. The Hall–Kier alpha value is -2.48. The van der Waals surface area contributed by atoms with E-state index in [0.29, 0.717) is 11.2 Å². The molecule has 0 saturated carbocycles. The molecule has 0 aliphatic carbocycles. The van der Waals surface area contributed by atoms with Crippen molar-refractivity contribution in [2.24, 2.45) is 0 Å². The van der Waals surface area contributed by atoms with Crippen LogP contribution in [0.4, 0.5) is 10.2 Å². The summed E-state index contributed by atoms with van der Waals surface area (Å²) in [5.41, 5.74) is 6.23. The van der Waals surface area contributed by atoms with Crippen molar-refractivity contribution in [3.63, 3.8) is 0 Å². The molecule has 5 N–H and O–H groups in total. The van der Waals surface area contributed by atoms with Crippen molar-refractivity contribution in [2.75, 3.05) is 18.9 Å². The van der Waals surface area contributed by atoms with Crippen LogP contribution in [0, 0.1) is 0 Å². The van der Waals surface area contributed by atoms with Gasteiger partial charge in [-0.15, -0.1) is 4.52 Å². The quantitative estimate of drug-likeness (QED) is 0.118. The summed E-state index contributed by atoms with van der Waals surface area (Å²) >= 11 is 8.98. The molecule has 17 nitrogen and oxygen atoms in total. The van der Waals surface area contributed by atoms with Crippen LogP contribution in [-0.4, -0.2) is 87.9 Å². The Kier molecular flexibility index (Phi) is 8.62. The Balaban J connectivity index is 1.20. The van der Waals surface area contributed by atoms with E-state index < -0.39 is 69.2 Å². The number of nitrogen functional groups attached to an aromatic ring is 1. The summed E-state index contributed by atoms with van der Waals surface area (Å²) in [7, 11) is -2.57. The maximum atomic E-state index is 15.7. The van der Waals surface area contributed by atoms with Gasteiger partial charge in [0.05, 0.1) is 37.4 Å². The highest BCUT2D eigenvalue weighted by Crippen LogP contribution is 2.51. The van der Waals surface area contributed by atoms with Crippen LogP contribution in [0.5, 0.6) is 0 Å². The lowest BCUT2D eigenvalue weighted by atomic mass is 10.1. The predicted molar refractivity (Wildman–Crippen MR) is 153 cm³/mol. The first-order valence-electron chi connectivity index (χ1n) is 12.6. The number of nitrogens with two attached hydrogens (primary N) is 1. The number of aromatic amines is 1. The molecule has 6 rings (SSSR count). The van der Waals surface area contributed by atoms with Crippen molar-refractivity contribution in [1.82, 2.24) is 34.1 Å². The Morgan fingerprint density at radius 1 is 1.26 bits per heavy atom. The number of anilines is 1. The molecule has 0 amide bonds. The Morgan fingerprint density at radius 3 is 2.84 bits per heavy atom. The number of thiol groups is 1. The lowest BCUT2D eigenvalue weighted by Crippen LogP contribution is -2.32. The number of nitrogens with one attached hydrogen (secondary N) is 1. The molecular weight excluding hydrogens is 653 g/mol. The molecule has 0 aromatic carbocycles. The highest BCUT2D eigenvalue weighted by molar-refractivity contribution is 8.39. The second-order valence-electron chi connectivity index (χ2n) is 9.57. The smallest absolute Gasteiger partial charge is 0.394 e. The first kappa shape index (κ1) is 30.5. The number of alkyl halides is 1. The number of nitrogens with zero attached hydrogens (tertiary/aromatic N) is 6. The summed E-state index contributed by atoms with van der Waals surface area (Å²) in [5.74, 6) is 0.143. The largest absolute Gasteiger partial charge is 0.582 e. The zero-order valence-corrected chi connectivity index (χ0v) is 25.2. The molecule has 9 unspecified atom stereocenters. The van der Waals surface area contributed by atoms with Crippen molar-refractivity contribution >= 4 is 66.0 Å². The molecule has 6 heterocycles. The third-order valence-electron chi connectivity index (χ3n) is 6.95. The van der Waals surface area contributed by atoms with Crippen LogP contribution < -0.4 is 11.3 Å². The molecule has 22 heteroatoms. The fraction of sp³-hybridized carbons (Fsp3) is 0.476. The van der Waals surface area contributed by atoms with Crippen LogP contribution in [0.3, 0.4) is 0 Å². The molecule has 43 heavy (non-hydrogen) atoms. The van der Waals surface area contributed by atoms with Crippen molar-refractivity contribution in [1.29, 1.82) is 0 Å². The fourth-order valence-corrected chi connectivity index (χ4v) is 7.30. The molecule has 4 aromatic rings. The Morgan fingerprint density at radius 2 is 2.07 bits per heavy atom. The number of imidazole rings is 1. The van der Waals surface area contributed by atoms with Gasteiger partial charge in [0, 0.05) is 12.6 Å². The van der Waals surface area contributed by atoms with Gasteiger partial charge in [0.25, 0.3) is 5.56 Å². The maximum Gasteiger partial charge on any atom is 0.582 e. The number of ether oxygens (including phenoxy) is 2. The normalized spacial score (nSPS) is 29.4. The van der Waals surface area contributed by atoms with Gasteiger partial charge in [0.15, 0.2) is 36.2 Å². The van der Waals surface area contributed by atoms with Crippen LogP contribution in [0.1, 0.15) is 18.9 Å². The average molecular weight is 678 g/mol. The first-order chi connectivity index (χ1) is 20.6. The second-order valence-corrected chi connectivity index (χ2v) is 14.0. The van der Waals surface area contributed by atoms with Crippen LogP contribution in [-0.2, 0) is 39.4 Å². The number of rotatable bonds is 10. The molecule has 4 aromatic heterocycles. The molecule has 2 aliphatic heterocycles. The number of hydrogen-bond donors (Lipinski definition) is 5. The van der Waals surface area contributed by atoms with E-state index in [-0.39, 0.29) is 29.9 Å². The third-order valence-corrected chi connectivity index (χ3v) is 9.24. The van der Waals surface area contributed by atoms with E-state index in [9.17, 15) is 19.4 Å². The van der Waals surface area contributed by atoms with Gasteiger partial charge in [-0.05, 0) is 22.4 Å². The zero-order chi connectivity index (χ0) is 30.5. The number of halogens is 1. The molecule has 0 radical (unpaired) electrons. The third kappa shape index (κ3) is 5.97. The van der Waals surface area contributed by atoms with Crippen LogP contribution in [0.2, 0.25) is 0 Å². The lowest BCUT2D eigenvalue weighted by molar-refractivity contribution is -0.0537. The topological polar surface area (TPSA) is 224 Å². The molecule has 2 saturated heterocycles. The van der Waals surface area contributed by atoms with Gasteiger partial charge >= 0.3 is 13.9 Å². The molecule has 2 aliphatic rings. The first-order valence-corrected chi connectivity index (χ1v) is 17.5. The van der Waals surface area contributed by atoms with Gasteiger partial charge in [-0.1, -0.05) is 0 Å². The van der Waals surface area contributed by atoms with Gasteiger partial charge in [0.1, 0.15) is 41.9 Å². The maximum absolute atomic E-state index is 15.7. The summed E-state index contributed by atoms with van der Waals surface area (Å²) in [6.45, 7) is -4.96. The Bertz CT molecular complexity index is 1780. The van der Waals surface area contributed by atoms with Crippen molar-refractivity contribution in [3.05, 3.63) is 41.6 Å². The number of aromatic nitrogens is 7. The van der Waals surface area contributed by atoms with E-state index in [0.717, 1.165) is 6.33 Å². The van der Waals surface area contributed by atoms with Crippen LogP contribution in [0.25, 0.3) is 22.2 Å². The Labute approximate surface area is 251 Å². The highest BCUT2D eigenvalue weighted by atomic mass is 32.7. The number of aliphatic hydroxyl groups excluding tert-OH is 1. The lowest BCUT2D eigenvalue weighted by Gasteiger charge is -2.25. The average Bonchev–Trinajstić information content (AvgIpc) is 3.73. The van der Waals surface area contributed by atoms with Crippen molar-refractivity contribution in [2.45, 2.75) is 49.5 Å². The summed E-state index contributed by atoms with van der Waals surface area (Å²) in [6.07, 6.45) is -3.13. The molecule has 2 fully saturated rings. The van der Waals surface area contributed by atoms with E-state index in [2.05, 4.69) is 37.2 Å². The van der Waals surface area contributed by atoms with E-state index >= 15 is 4.39 Å². The van der Waals surface area contributed by atoms with E-state index in [4.69, 9.17) is 40.6 Å². The van der Waals surface area contributed by atoms with Gasteiger partial charge in [0.2, 0.25) is 0 Å². The fourth-order valence-electron chi connectivity index (χ4n) is 5.07. The number of H-pyrrole nitrogens is 1. The zero-order valence-electron chi connectivity index (χ0n) is 21.7. The van der Waals surface area contributed by atoms with Crippen molar-refractivity contribution in [3.8, 4) is 0 Å². The summed E-state index contributed by atoms with van der Waals surface area (Å²) in [5, 5.41) is 9.93. The van der Waals surface area contributed by atoms with E-state index in [1.54, 1.807) is 0 Å². The minimum atomic E-state index is -4.08. The predicted octanol–water partition coefficient (Wildman–Crippen LogP) is 1.25. The summed E-state index contributed by atoms with van der Waals surface area (Å²) in [4.78, 5) is 41.9. The molecule has 230 valence electrons. The standard InChI is InChI=1S/C21H23FN8O9P2S2/c22-13-15(38-40(33)42)12(37-21(13)29-2-1-10-17(29)25-7-27-19(10)32)5-35-41(34,43)39-11-3-9(4-31)36-20(11)30-8-28-14-16(23)24-6-26-18(14)30/h1-2,6-9,11-13,15,20-21,31H,3-5H2,(H4-,23,24,25,26,27,32,33,34,42,43)/p+1. The monoisotopic (exact) mass is 677 g/mol. The van der Waals surface area contributed by atoms with Gasteiger partial charge in [-0.3, -0.25) is 9.36 Å². The van der Waals surface area contributed by atoms with Gasteiger partial charge in [-0.2, -0.15) is 0 Å². The van der Waals surface area contributed by atoms with Crippen LogP contribution in [0.15, 0.2) is 36.0 Å². The SMILES string of the molecule is Nc1ncnc2c1ncn2C1OC(CO)CC1OP(O)(=S)OCC1OC(n2ccc3c(=O)[nH]cnc32)C(F)C1O[P+](=O)S. The van der Waals surface area contributed by atoms with E-state index in [1.165, 1.54) is 34.1 Å². The van der Waals surface area contributed by atoms with Gasteiger partial charge in [-0.25, -0.2) is 24.3 Å². The molecular formula is C21H24FN8O9P2S2+. The number of hydrogen-bond acceptors (Lipinski definition) is 14. The number of aliphatic hydroxyl groups is 1. The highest BCUT2D eigenvalue weighted by Gasteiger charge is 2.52. The number of fused-ring (bicyclic) bond motifs is 2. The minimum Gasteiger partial charge on any atom is -0.394 e. The van der Waals surface area contributed by atoms with Crippen molar-refractivity contribution < 1.29 is 42.0 Å². The minimum absolute atomic E-state index is 0.122. The van der Waals surface area contributed by atoms with E-state index in [1.807, 2.05) is 0 Å². The van der Waals surface area contributed by atoms with Gasteiger partial charge < -0.3 is 43.8 Å². The molecule has 9 atom stereocenters. The summed E-state index contributed by atoms with van der Waals surface area (Å²) < 4.78 is 58.6. The second kappa shape index (κ2) is 12.1. The molecule has 0 bridgehead atoms. The summed E-state index contributed by atoms with van der Waals surface area (Å²) in [6, 6.07) is 1.45. The van der Waals surface area contributed by atoms with Crippen LogP contribution >= 0.6 is 26.2 Å².